The minimum atomic E-state index is -2.41. The molecular formula is C12H18F2N2O. The molecular weight excluding hydrogens is 226 g/mol. The molecule has 5 heteroatoms. The summed E-state index contributed by atoms with van der Waals surface area (Å²) in [4.78, 5) is 0. The Morgan fingerprint density at radius 3 is 2.41 bits per heavy atom. The Morgan fingerprint density at radius 2 is 1.82 bits per heavy atom. The van der Waals surface area contributed by atoms with Crippen LogP contribution < -0.4 is 11.1 Å². The molecule has 0 aliphatic heterocycles. The van der Waals surface area contributed by atoms with Gasteiger partial charge in [-0.05, 0) is 12.0 Å². The van der Waals surface area contributed by atoms with Gasteiger partial charge in [-0.25, -0.2) is 8.78 Å². The van der Waals surface area contributed by atoms with Crippen LogP contribution in [-0.4, -0.2) is 36.8 Å². The molecule has 1 aromatic carbocycles. The fraction of sp³-hybridized carbons (Fsp3) is 0.500. The van der Waals surface area contributed by atoms with Crippen molar-refractivity contribution in [3.63, 3.8) is 0 Å². The number of nitrogens with one attached hydrogen (secondary N) is 1. The topological polar surface area (TPSA) is 58.3 Å². The normalized spacial score (nSPS) is 14.9. The van der Waals surface area contributed by atoms with Gasteiger partial charge in [-0.3, -0.25) is 0 Å². The molecule has 0 spiro atoms. The van der Waals surface area contributed by atoms with Crippen LogP contribution in [0.4, 0.5) is 8.78 Å². The van der Waals surface area contributed by atoms with E-state index in [9.17, 15) is 13.9 Å². The summed E-state index contributed by atoms with van der Waals surface area (Å²) in [5, 5.41) is 12.1. The predicted octanol–water partition coefficient (Wildman–Crippen LogP) is 0.772. The minimum absolute atomic E-state index is 0.0817. The van der Waals surface area contributed by atoms with Gasteiger partial charge in [-0.15, -0.1) is 0 Å². The first kappa shape index (κ1) is 14.0. The highest BCUT2D eigenvalue weighted by Gasteiger charge is 2.15. The molecule has 0 aromatic heterocycles. The van der Waals surface area contributed by atoms with E-state index in [0.717, 1.165) is 5.56 Å². The van der Waals surface area contributed by atoms with Gasteiger partial charge in [0.15, 0.2) is 0 Å². The van der Waals surface area contributed by atoms with E-state index in [-0.39, 0.29) is 6.54 Å². The molecule has 1 rings (SSSR count). The van der Waals surface area contributed by atoms with Crippen LogP contribution in [0.25, 0.3) is 0 Å². The first-order chi connectivity index (χ1) is 8.09. The average Bonchev–Trinajstić information content (AvgIpc) is 2.29. The highest BCUT2D eigenvalue weighted by molar-refractivity contribution is 5.16. The lowest BCUT2D eigenvalue weighted by atomic mass is 10.0. The number of aliphatic hydroxyl groups is 1. The number of aliphatic hydroxyl groups excluding tert-OH is 1. The van der Waals surface area contributed by atoms with Crippen molar-refractivity contribution in [2.75, 3.05) is 13.1 Å². The molecule has 3 nitrogen and oxygen atoms in total. The van der Waals surface area contributed by atoms with Gasteiger partial charge in [0.25, 0.3) is 6.43 Å². The molecule has 0 unspecified atom stereocenters. The van der Waals surface area contributed by atoms with Gasteiger partial charge in [0.2, 0.25) is 0 Å². The van der Waals surface area contributed by atoms with Gasteiger partial charge >= 0.3 is 0 Å². The number of benzene rings is 1. The summed E-state index contributed by atoms with van der Waals surface area (Å²) in [5.74, 6) is 0. The summed E-state index contributed by atoms with van der Waals surface area (Å²) >= 11 is 0. The second-order valence-electron chi connectivity index (χ2n) is 3.97. The molecule has 96 valence electrons. The van der Waals surface area contributed by atoms with Crippen LogP contribution in [-0.2, 0) is 6.42 Å². The first-order valence-corrected chi connectivity index (χ1v) is 5.56. The fourth-order valence-corrected chi connectivity index (χ4v) is 1.51. The molecule has 1 aromatic rings. The zero-order valence-electron chi connectivity index (χ0n) is 9.52. The smallest absolute Gasteiger partial charge is 0.250 e. The van der Waals surface area contributed by atoms with E-state index in [1.807, 2.05) is 30.3 Å². The molecule has 2 atom stereocenters. The summed E-state index contributed by atoms with van der Waals surface area (Å²) in [6, 6.07) is 9.06. The molecule has 0 fully saturated rings. The third-order valence-electron chi connectivity index (χ3n) is 2.46. The maximum Gasteiger partial charge on any atom is 0.250 e. The lowest BCUT2D eigenvalue weighted by Gasteiger charge is -2.19. The summed E-state index contributed by atoms with van der Waals surface area (Å²) in [6.07, 6.45) is -2.71. The third-order valence-corrected chi connectivity index (χ3v) is 2.46. The van der Waals surface area contributed by atoms with E-state index in [2.05, 4.69) is 5.32 Å². The van der Waals surface area contributed by atoms with E-state index in [1.165, 1.54) is 0 Å². The summed E-state index contributed by atoms with van der Waals surface area (Å²) in [6.45, 7) is -0.340. The van der Waals surface area contributed by atoms with Crippen molar-refractivity contribution in [3.8, 4) is 0 Å². The van der Waals surface area contributed by atoms with E-state index in [1.54, 1.807) is 0 Å². The Hall–Kier alpha value is -1.04. The molecule has 17 heavy (non-hydrogen) atoms. The Balaban J connectivity index is 2.29. The maximum atomic E-state index is 11.9. The van der Waals surface area contributed by atoms with Crippen molar-refractivity contribution in [2.24, 2.45) is 5.73 Å². The Labute approximate surface area is 99.6 Å². The molecule has 0 aliphatic carbocycles. The van der Waals surface area contributed by atoms with Crippen molar-refractivity contribution >= 4 is 0 Å². The van der Waals surface area contributed by atoms with Gasteiger partial charge < -0.3 is 16.2 Å². The molecule has 0 bridgehead atoms. The van der Waals surface area contributed by atoms with Crippen LogP contribution in [0, 0.1) is 0 Å². The van der Waals surface area contributed by atoms with Crippen LogP contribution in [0.1, 0.15) is 5.56 Å². The zero-order valence-corrected chi connectivity index (χ0v) is 9.52. The molecule has 0 amide bonds. The number of rotatable bonds is 7. The monoisotopic (exact) mass is 244 g/mol. The molecule has 0 heterocycles. The minimum Gasteiger partial charge on any atom is -0.390 e. The SMILES string of the molecule is N[C@@H](Cc1ccccc1)[C@H](O)CNCC(F)F. The van der Waals surface area contributed by atoms with Crippen molar-refractivity contribution in [1.82, 2.24) is 5.32 Å². The second-order valence-corrected chi connectivity index (χ2v) is 3.97. The summed E-state index contributed by atoms with van der Waals surface area (Å²) < 4.78 is 23.7. The quantitative estimate of drug-likeness (QED) is 0.664. The number of hydrogen-bond donors (Lipinski definition) is 3. The predicted molar refractivity (Wildman–Crippen MR) is 63.0 cm³/mol. The van der Waals surface area contributed by atoms with Gasteiger partial charge in [0, 0.05) is 12.6 Å². The van der Waals surface area contributed by atoms with E-state index < -0.39 is 25.1 Å². The standard InChI is InChI=1S/C12H18F2N2O/c13-12(14)8-16-7-11(17)10(15)6-9-4-2-1-3-5-9/h1-5,10-12,16-17H,6-8,15H2/t10-,11+/m0/s1. The molecule has 0 saturated heterocycles. The largest absolute Gasteiger partial charge is 0.390 e. The third kappa shape index (κ3) is 5.72. The average molecular weight is 244 g/mol. The highest BCUT2D eigenvalue weighted by Crippen LogP contribution is 2.04. The lowest BCUT2D eigenvalue weighted by molar-refractivity contribution is 0.117. The first-order valence-electron chi connectivity index (χ1n) is 5.56. The fourth-order valence-electron chi connectivity index (χ4n) is 1.51. The number of halogens is 2. The maximum absolute atomic E-state index is 11.9. The molecule has 0 radical (unpaired) electrons. The van der Waals surface area contributed by atoms with Crippen molar-refractivity contribution in [3.05, 3.63) is 35.9 Å². The van der Waals surface area contributed by atoms with Crippen LogP contribution in [0.15, 0.2) is 30.3 Å². The lowest BCUT2D eigenvalue weighted by Crippen LogP contribution is -2.43. The van der Waals surface area contributed by atoms with Crippen LogP contribution >= 0.6 is 0 Å². The number of hydrogen-bond acceptors (Lipinski definition) is 3. The van der Waals surface area contributed by atoms with Crippen LogP contribution in [0.5, 0.6) is 0 Å². The Morgan fingerprint density at radius 1 is 1.18 bits per heavy atom. The highest BCUT2D eigenvalue weighted by atomic mass is 19.3. The van der Waals surface area contributed by atoms with Crippen molar-refractivity contribution in [2.45, 2.75) is 25.0 Å². The van der Waals surface area contributed by atoms with E-state index >= 15 is 0 Å². The summed E-state index contributed by atoms with van der Waals surface area (Å²) in [7, 11) is 0. The van der Waals surface area contributed by atoms with Gasteiger partial charge in [-0.2, -0.15) is 0 Å². The van der Waals surface area contributed by atoms with Gasteiger partial charge in [-0.1, -0.05) is 30.3 Å². The summed E-state index contributed by atoms with van der Waals surface area (Å²) in [5.41, 5.74) is 6.81. The molecule has 0 saturated carbocycles. The number of alkyl halides is 2. The van der Waals surface area contributed by atoms with Gasteiger partial charge in [0.1, 0.15) is 0 Å². The van der Waals surface area contributed by atoms with Crippen LogP contribution in [0.3, 0.4) is 0 Å². The Bertz CT molecular complexity index is 309. The molecule has 4 N–H and O–H groups in total. The van der Waals surface area contributed by atoms with Gasteiger partial charge in [0.05, 0.1) is 12.6 Å². The van der Waals surface area contributed by atoms with E-state index in [0.29, 0.717) is 6.42 Å². The van der Waals surface area contributed by atoms with Crippen LogP contribution in [0.2, 0.25) is 0 Å². The Kier molecular flexibility index (Phi) is 6.04. The molecule has 0 aliphatic rings. The number of nitrogens with two attached hydrogens (primary N) is 1. The van der Waals surface area contributed by atoms with Crippen molar-refractivity contribution < 1.29 is 13.9 Å². The van der Waals surface area contributed by atoms with E-state index in [4.69, 9.17) is 5.73 Å². The zero-order chi connectivity index (χ0) is 12.7. The van der Waals surface area contributed by atoms with Crippen molar-refractivity contribution in [1.29, 1.82) is 0 Å². The second kappa shape index (κ2) is 7.32.